The number of carbonyl (C=O) groups is 1. The second-order valence-corrected chi connectivity index (χ2v) is 6.34. The van der Waals surface area contributed by atoms with Gasteiger partial charge < -0.3 is 4.74 Å². The summed E-state index contributed by atoms with van der Waals surface area (Å²) in [6.45, 7) is 3.96. The Balaban J connectivity index is 1.88. The standard InChI is InChI=1S/C18H17Cl2NO2/c19-14-5-6-16(17(20)11-14)18(22)15-4-2-1-3-13(15)12-21-7-9-23-10-8-21/h1-6,11H,7-10,12H2. The Morgan fingerprint density at radius 1 is 1.04 bits per heavy atom. The SMILES string of the molecule is O=C(c1ccc(Cl)cc1Cl)c1ccccc1CN1CCOCC1. The largest absolute Gasteiger partial charge is 0.379 e. The van der Waals surface area contributed by atoms with Gasteiger partial charge in [-0.3, -0.25) is 9.69 Å². The van der Waals surface area contributed by atoms with Crippen molar-refractivity contribution in [1.82, 2.24) is 4.90 Å². The van der Waals surface area contributed by atoms with Crippen LogP contribution in [0.1, 0.15) is 21.5 Å². The van der Waals surface area contributed by atoms with E-state index < -0.39 is 0 Å². The molecule has 0 bridgehead atoms. The lowest BCUT2D eigenvalue weighted by Crippen LogP contribution is -2.36. The summed E-state index contributed by atoms with van der Waals surface area (Å²) in [6.07, 6.45) is 0. The topological polar surface area (TPSA) is 29.5 Å². The van der Waals surface area contributed by atoms with Gasteiger partial charge in [-0.15, -0.1) is 0 Å². The van der Waals surface area contributed by atoms with E-state index >= 15 is 0 Å². The first-order chi connectivity index (χ1) is 11.1. The van der Waals surface area contributed by atoms with Crippen LogP contribution in [-0.2, 0) is 11.3 Å². The molecule has 2 aromatic rings. The van der Waals surface area contributed by atoms with Crippen molar-refractivity contribution >= 4 is 29.0 Å². The van der Waals surface area contributed by atoms with Gasteiger partial charge in [0.15, 0.2) is 5.78 Å². The average Bonchev–Trinajstić information content (AvgIpc) is 2.56. The molecule has 3 rings (SSSR count). The van der Waals surface area contributed by atoms with Gasteiger partial charge >= 0.3 is 0 Å². The van der Waals surface area contributed by atoms with Gasteiger partial charge in [-0.25, -0.2) is 0 Å². The van der Waals surface area contributed by atoms with Crippen LogP contribution in [0.2, 0.25) is 10.0 Å². The number of ether oxygens (including phenoxy) is 1. The molecule has 1 fully saturated rings. The van der Waals surface area contributed by atoms with Gasteiger partial charge in [0.05, 0.1) is 18.2 Å². The number of hydrogen-bond acceptors (Lipinski definition) is 3. The van der Waals surface area contributed by atoms with Crippen LogP contribution in [0.25, 0.3) is 0 Å². The maximum atomic E-state index is 12.9. The van der Waals surface area contributed by atoms with Crippen molar-refractivity contribution < 1.29 is 9.53 Å². The van der Waals surface area contributed by atoms with Crippen LogP contribution in [0.5, 0.6) is 0 Å². The zero-order chi connectivity index (χ0) is 16.2. The number of rotatable bonds is 4. The van der Waals surface area contributed by atoms with Gasteiger partial charge in [0, 0.05) is 35.8 Å². The summed E-state index contributed by atoms with van der Waals surface area (Å²) in [5, 5.41) is 0.900. The summed E-state index contributed by atoms with van der Waals surface area (Å²) in [4.78, 5) is 15.2. The van der Waals surface area contributed by atoms with Crippen molar-refractivity contribution in [3.8, 4) is 0 Å². The Morgan fingerprint density at radius 3 is 2.52 bits per heavy atom. The molecule has 0 aromatic heterocycles. The highest BCUT2D eigenvalue weighted by molar-refractivity contribution is 6.37. The van der Waals surface area contributed by atoms with Gasteiger partial charge in [0.1, 0.15) is 0 Å². The van der Waals surface area contributed by atoms with E-state index in [-0.39, 0.29) is 5.78 Å². The molecule has 5 heteroatoms. The molecule has 1 aliphatic heterocycles. The molecule has 0 aliphatic carbocycles. The fraction of sp³-hybridized carbons (Fsp3) is 0.278. The van der Waals surface area contributed by atoms with Gasteiger partial charge in [-0.1, -0.05) is 47.5 Å². The summed E-state index contributed by atoms with van der Waals surface area (Å²) in [5.41, 5.74) is 2.17. The summed E-state index contributed by atoms with van der Waals surface area (Å²) < 4.78 is 5.37. The predicted molar refractivity (Wildman–Crippen MR) is 92.4 cm³/mol. The average molecular weight is 350 g/mol. The Morgan fingerprint density at radius 2 is 1.78 bits per heavy atom. The van der Waals surface area contributed by atoms with Crippen molar-refractivity contribution in [2.75, 3.05) is 26.3 Å². The van der Waals surface area contributed by atoms with Crippen LogP contribution < -0.4 is 0 Å². The maximum absolute atomic E-state index is 12.9. The molecule has 2 aromatic carbocycles. The van der Waals surface area contributed by atoms with E-state index in [9.17, 15) is 4.79 Å². The fourth-order valence-corrected chi connectivity index (χ4v) is 3.19. The molecular formula is C18H17Cl2NO2. The third-order valence-electron chi connectivity index (χ3n) is 3.94. The zero-order valence-electron chi connectivity index (χ0n) is 12.6. The number of nitrogens with zero attached hydrogens (tertiary/aromatic N) is 1. The minimum atomic E-state index is -0.0736. The molecule has 0 radical (unpaired) electrons. The minimum absolute atomic E-state index is 0.0736. The Bertz CT molecular complexity index is 712. The van der Waals surface area contributed by atoms with E-state index in [4.69, 9.17) is 27.9 Å². The molecule has 1 aliphatic rings. The Labute approximate surface area is 145 Å². The van der Waals surface area contributed by atoms with Crippen LogP contribution in [0.4, 0.5) is 0 Å². The number of hydrogen-bond donors (Lipinski definition) is 0. The Hall–Kier alpha value is -1.39. The normalized spacial score (nSPS) is 15.6. The number of carbonyl (C=O) groups excluding carboxylic acids is 1. The van der Waals surface area contributed by atoms with E-state index in [1.54, 1.807) is 18.2 Å². The molecule has 0 amide bonds. The first-order valence-corrected chi connectivity index (χ1v) is 8.28. The predicted octanol–water partition coefficient (Wildman–Crippen LogP) is 4.06. The van der Waals surface area contributed by atoms with Crippen LogP contribution in [0, 0.1) is 0 Å². The van der Waals surface area contributed by atoms with E-state index in [0.717, 1.165) is 38.4 Å². The molecule has 23 heavy (non-hydrogen) atoms. The number of ketones is 1. The van der Waals surface area contributed by atoms with E-state index in [1.165, 1.54) is 0 Å². The zero-order valence-corrected chi connectivity index (χ0v) is 14.1. The molecule has 0 saturated carbocycles. The second kappa shape index (κ2) is 7.45. The fourth-order valence-electron chi connectivity index (χ4n) is 2.70. The molecular weight excluding hydrogens is 333 g/mol. The monoisotopic (exact) mass is 349 g/mol. The van der Waals surface area contributed by atoms with Gasteiger partial charge in [-0.2, -0.15) is 0 Å². The lowest BCUT2D eigenvalue weighted by atomic mass is 9.98. The molecule has 1 heterocycles. The highest BCUT2D eigenvalue weighted by Gasteiger charge is 2.18. The highest BCUT2D eigenvalue weighted by Crippen LogP contribution is 2.25. The molecule has 1 saturated heterocycles. The van der Waals surface area contributed by atoms with E-state index in [0.29, 0.717) is 21.2 Å². The summed E-state index contributed by atoms with van der Waals surface area (Å²) in [5.74, 6) is -0.0736. The van der Waals surface area contributed by atoms with E-state index in [2.05, 4.69) is 4.90 Å². The van der Waals surface area contributed by atoms with Gasteiger partial charge in [0.2, 0.25) is 0 Å². The molecule has 3 nitrogen and oxygen atoms in total. The van der Waals surface area contributed by atoms with Crippen LogP contribution in [-0.4, -0.2) is 37.0 Å². The van der Waals surface area contributed by atoms with Crippen molar-refractivity contribution in [2.45, 2.75) is 6.54 Å². The molecule has 0 spiro atoms. The lowest BCUT2D eigenvalue weighted by molar-refractivity contribution is 0.0341. The van der Waals surface area contributed by atoms with Crippen molar-refractivity contribution in [3.63, 3.8) is 0 Å². The van der Waals surface area contributed by atoms with Crippen molar-refractivity contribution in [3.05, 3.63) is 69.2 Å². The third-order valence-corrected chi connectivity index (χ3v) is 4.48. The quantitative estimate of drug-likeness (QED) is 0.779. The molecule has 0 N–H and O–H groups in total. The first-order valence-electron chi connectivity index (χ1n) is 7.53. The second-order valence-electron chi connectivity index (χ2n) is 5.50. The van der Waals surface area contributed by atoms with Crippen LogP contribution in [0.3, 0.4) is 0 Å². The summed E-state index contributed by atoms with van der Waals surface area (Å²) >= 11 is 12.1. The lowest BCUT2D eigenvalue weighted by Gasteiger charge is -2.27. The van der Waals surface area contributed by atoms with Crippen LogP contribution in [0.15, 0.2) is 42.5 Å². The number of morpholine rings is 1. The van der Waals surface area contributed by atoms with E-state index in [1.807, 2.05) is 24.3 Å². The van der Waals surface area contributed by atoms with Crippen molar-refractivity contribution in [2.24, 2.45) is 0 Å². The number of benzene rings is 2. The van der Waals surface area contributed by atoms with Gasteiger partial charge in [-0.05, 0) is 23.8 Å². The Kier molecular flexibility index (Phi) is 5.34. The maximum Gasteiger partial charge on any atom is 0.194 e. The third kappa shape index (κ3) is 3.93. The minimum Gasteiger partial charge on any atom is -0.379 e. The van der Waals surface area contributed by atoms with Crippen LogP contribution >= 0.6 is 23.2 Å². The molecule has 0 unspecified atom stereocenters. The first kappa shape index (κ1) is 16.5. The number of halogens is 2. The van der Waals surface area contributed by atoms with Gasteiger partial charge in [0.25, 0.3) is 0 Å². The smallest absolute Gasteiger partial charge is 0.194 e. The summed E-state index contributed by atoms with van der Waals surface area (Å²) in [6, 6.07) is 12.6. The summed E-state index contributed by atoms with van der Waals surface area (Å²) in [7, 11) is 0. The highest BCUT2D eigenvalue weighted by atomic mass is 35.5. The molecule has 0 atom stereocenters. The molecule has 120 valence electrons. The van der Waals surface area contributed by atoms with Crippen molar-refractivity contribution in [1.29, 1.82) is 0 Å².